The first-order valence-corrected chi connectivity index (χ1v) is 13.0. The summed E-state index contributed by atoms with van der Waals surface area (Å²) < 4.78 is 28.1. The monoisotopic (exact) mass is 513 g/mol. The van der Waals surface area contributed by atoms with Crippen LogP contribution in [0.5, 0.6) is 0 Å². The largest absolute Gasteiger partial charge is 0.350 e. The van der Waals surface area contributed by atoms with Crippen LogP contribution in [0, 0.1) is 6.92 Å². The molecule has 0 unspecified atom stereocenters. The number of hydrogen-bond donors (Lipinski definition) is 2. The highest BCUT2D eigenvalue weighted by molar-refractivity contribution is 7.92. The van der Waals surface area contributed by atoms with Gasteiger partial charge < -0.3 is 10.6 Å². The van der Waals surface area contributed by atoms with Crippen molar-refractivity contribution in [3.8, 4) is 0 Å². The molecule has 3 aromatic rings. The molecule has 0 fully saturated rings. The molecule has 2 amide bonds. The van der Waals surface area contributed by atoms with Crippen molar-refractivity contribution in [2.75, 3.05) is 16.2 Å². The van der Waals surface area contributed by atoms with Crippen molar-refractivity contribution >= 4 is 44.8 Å². The molecule has 0 saturated heterocycles. The quantitative estimate of drug-likeness (QED) is 0.420. The Morgan fingerprint density at radius 1 is 1.00 bits per heavy atom. The van der Waals surface area contributed by atoms with E-state index in [1.807, 2.05) is 13.8 Å². The summed E-state index contributed by atoms with van der Waals surface area (Å²) in [5, 5.41) is 6.03. The first-order valence-electron chi connectivity index (χ1n) is 11.2. The fourth-order valence-corrected chi connectivity index (χ4v) is 5.17. The maximum absolute atomic E-state index is 13.5. The molecule has 0 aromatic heterocycles. The molecule has 0 aliphatic heterocycles. The summed E-state index contributed by atoms with van der Waals surface area (Å²) >= 11 is 6.07. The van der Waals surface area contributed by atoms with Gasteiger partial charge in [0.2, 0.25) is 5.91 Å². The Bertz CT molecular complexity index is 1310. The third-order valence-corrected chi connectivity index (χ3v) is 7.49. The van der Waals surface area contributed by atoms with Crippen LogP contribution in [-0.2, 0) is 14.8 Å². The smallest absolute Gasteiger partial charge is 0.264 e. The van der Waals surface area contributed by atoms with Gasteiger partial charge in [0.1, 0.15) is 6.54 Å². The number of benzene rings is 3. The number of para-hydroxylation sites is 1. The molecule has 0 spiro atoms. The van der Waals surface area contributed by atoms with E-state index in [9.17, 15) is 18.0 Å². The Labute approximate surface area is 211 Å². The van der Waals surface area contributed by atoms with E-state index in [2.05, 4.69) is 10.6 Å². The Balaban J connectivity index is 1.94. The van der Waals surface area contributed by atoms with Gasteiger partial charge >= 0.3 is 0 Å². The molecule has 0 radical (unpaired) electrons. The molecule has 0 saturated carbocycles. The van der Waals surface area contributed by atoms with Gasteiger partial charge in [-0.3, -0.25) is 13.9 Å². The highest BCUT2D eigenvalue weighted by atomic mass is 35.5. The average molecular weight is 514 g/mol. The number of aryl methyl sites for hydroxylation is 1. The van der Waals surface area contributed by atoms with Crippen LogP contribution < -0.4 is 14.9 Å². The molecule has 184 valence electrons. The van der Waals surface area contributed by atoms with Gasteiger partial charge in [0.25, 0.3) is 15.9 Å². The van der Waals surface area contributed by atoms with Crippen LogP contribution >= 0.6 is 11.6 Å². The summed E-state index contributed by atoms with van der Waals surface area (Å²) in [5.41, 5.74) is 1.51. The Kier molecular flexibility index (Phi) is 8.53. The Hall–Kier alpha value is -3.36. The van der Waals surface area contributed by atoms with Gasteiger partial charge in [-0.15, -0.1) is 0 Å². The topological polar surface area (TPSA) is 95.6 Å². The summed E-state index contributed by atoms with van der Waals surface area (Å²) in [6, 6.07) is 19.2. The van der Waals surface area contributed by atoms with Gasteiger partial charge in [-0.2, -0.15) is 0 Å². The Morgan fingerprint density at radius 2 is 1.66 bits per heavy atom. The maximum Gasteiger partial charge on any atom is 0.264 e. The predicted molar refractivity (Wildman–Crippen MR) is 139 cm³/mol. The number of hydrogen-bond acceptors (Lipinski definition) is 4. The molecule has 3 rings (SSSR count). The fourth-order valence-electron chi connectivity index (χ4n) is 3.43. The SMILES string of the molecule is CC[C@@H](C)NC(=O)c1ccccc1NC(=O)CN(c1ccc(Cl)cc1C)S(=O)(=O)c1ccccc1. The number of sulfonamides is 1. The Morgan fingerprint density at radius 3 is 2.31 bits per heavy atom. The molecule has 1 atom stereocenters. The number of carbonyl (C=O) groups is 2. The zero-order valence-corrected chi connectivity index (χ0v) is 21.4. The van der Waals surface area contributed by atoms with Crippen molar-refractivity contribution in [1.29, 1.82) is 0 Å². The van der Waals surface area contributed by atoms with Crippen molar-refractivity contribution in [3.63, 3.8) is 0 Å². The minimum Gasteiger partial charge on any atom is -0.350 e. The van der Waals surface area contributed by atoms with Crippen molar-refractivity contribution in [2.45, 2.75) is 38.1 Å². The maximum atomic E-state index is 13.5. The molecule has 3 aromatic carbocycles. The summed E-state index contributed by atoms with van der Waals surface area (Å²) in [4.78, 5) is 25.9. The summed E-state index contributed by atoms with van der Waals surface area (Å²) in [6.45, 7) is 5.07. The number of amides is 2. The number of nitrogens with one attached hydrogen (secondary N) is 2. The molecular formula is C26H28ClN3O4S. The number of anilines is 2. The van der Waals surface area contributed by atoms with E-state index in [-0.39, 0.29) is 16.8 Å². The number of carbonyl (C=O) groups excluding carboxylic acids is 2. The lowest BCUT2D eigenvalue weighted by molar-refractivity contribution is -0.114. The van der Waals surface area contributed by atoms with Crippen molar-refractivity contribution in [1.82, 2.24) is 5.32 Å². The first-order chi connectivity index (χ1) is 16.6. The number of nitrogens with zero attached hydrogens (tertiary/aromatic N) is 1. The second-order valence-electron chi connectivity index (χ2n) is 8.13. The highest BCUT2D eigenvalue weighted by Gasteiger charge is 2.28. The number of rotatable bonds is 9. The lowest BCUT2D eigenvalue weighted by Gasteiger charge is -2.26. The fraction of sp³-hybridized carbons (Fsp3) is 0.231. The zero-order chi connectivity index (χ0) is 25.6. The summed E-state index contributed by atoms with van der Waals surface area (Å²) in [6.07, 6.45) is 0.757. The molecular weight excluding hydrogens is 486 g/mol. The van der Waals surface area contributed by atoms with Crippen LogP contribution in [0.4, 0.5) is 11.4 Å². The zero-order valence-electron chi connectivity index (χ0n) is 19.8. The molecule has 0 bridgehead atoms. The van der Waals surface area contributed by atoms with E-state index < -0.39 is 22.5 Å². The molecule has 0 aliphatic rings. The van der Waals surface area contributed by atoms with E-state index in [0.717, 1.165) is 10.7 Å². The van der Waals surface area contributed by atoms with E-state index >= 15 is 0 Å². The van der Waals surface area contributed by atoms with Gasteiger partial charge in [-0.1, -0.05) is 48.9 Å². The molecule has 2 N–H and O–H groups in total. The lowest BCUT2D eigenvalue weighted by Crippen LogP contribution is -2.39. The molecule has 0 heterocycles. The van der Waals surface area contributed by atoms with Gasteiger partial charge in [0.05, 0.1) is 21.8 Å². The van der Waals surface area contributed by atoms with E-state index in [0.29, 0.717) is 27.5 Å². The third kappa shape index (κ3) is 6.41. The third-order valence-electron chi connectivity index (χ3n) is 5.48. The molecule has 7 nitrogen and oxygen atoms in total. The summed E-state index contributed by atoms with van der Waals surface area (Å²) in [7, 11) is -4.07. The van der Waals surface area contributed by atoms with Crippen LogP contribution in [0.1, 0.15) is 36.2 Å². The minimum atomic E-state index is -4.07. The second kappa shape index (κ2) is 11.4. The van der Waals surface area contributed by atoms with Gasteiger partial charge in [0, 0.05) is 11.1 Å². The summed E-state index contributed by atoms with van der Waals surface area (Å²) in [5.74, 6) is -0.916. The first kappa shape index (κ1) is 26.2. The normalized spacial score (nSPS) is 12.0. The van der Waals surface area contributed by atoms with Crippen LogP contribution in [0.15, 0.2) is 77.7 Å². The van der Waals surface area contributed by atoms with Gasteiger partial charge in [0.15, 0.2) is 0 Å². The average Bonchev–Trinajstić information content (AvgIpc) is 2.83. The van der Waals surface area contributed by atoms with Crippen molar-refractivity contribution in [3.05, 3.63) is 88.9 Å². The van der Waals surface area contributed by atoms with Crippen molar-refractivity contribution < 1.29 is 18.0 Å². The lowest BCUT2D eigenvalue weighted by atomic mass is 10.1. The molecule has 9 heteroatoms. The predicted octanol–water partition coefficient (Wildman–Crippen LogP) is 5.01. The van der Waals surface area contributed by atoms with E-state index in [4.69, 9.17) is 11.6 Å². The molecule has 0 aliphatic carbocycles. The minimum absolute atomic E-state index is 0.0364. The van der Waals surface area contributed by atoms with Gasteiger partial charge in [-0.25, -0.2) is 8.42 Å². The molecule has 35 heavy (non-hydrogen) atoms. The van der Waals surface area contributed by atoms with E-state index in [1.165, 1.54) is 12.1 Å². The van der Waals surface area contributed by atoms with E-state index in [1.54, 1.807) is 67.6 Å². The number of halogens is 1. The van der Waals surface area contributed by atoms with Crippen LogP contribution in [-0.4, -0.2) is 32.8 Å². The highest BCUT2D eigenvalue weighted by Crippen LogP contribution is 2.29. The van der Waals surface area contributed by atoms with Crippen molar-refractivity contribution in [2.24, 2.45) is 0 Å². The second-order valence-corrected chi connectivity index (χ2v) is 10.4. The standard InChI is InChI=1S/C26H28ClN3O4S/c1-4-19(3)28-26(32)22-12-8-9-13-23(22)29-25(31)17-30(24-15-14-20(27)16-18(24)2)35(33,34)21-10-6-5-7-11-21/h5-16,19H,4,17H2,1-3H3,(H,28,32)(H,29,31)/t19-/m1/s1. The van der Waals surface area contributed by atoms with Crippen LogP contribution in [0.2, 0.25) is 5.02 Å². The van der Waals surface area contributed by atoms with Gasteiger partial charge in [-0.05, 0) is 68.3 Å². The van der Waals surface area contributed by atoms with Crippen LogP contribution in [0.3, 0.4) is 0 Å². The van der Waals surface area contributed by atoms with Crippen LogP contribution in [0.25, 0.3) is 0 Å².